The van der Waals surface area contributed by atoms with Crippen molar-refractivity contribution in [2.45, 2.75) is 6.10 Å². The summed E-state index contributed by atoms with van der Waals surface area (Å²) in [6.07, 6.45) is -0.653. The molecule has 1 atom stereocenters. The first-order valence-electron chi connectivity index (χ1n) is 6.00. The van der Waals surface area contributed by atoms with Crippen molar-refractivity contribution in [3.05, 3.63) is 59.9 Å². The highest BCUT2D eigenvalue weighted by Gasteiger charge is 2.08. The first-order valence-corrected chi connectivity index (χ1v) is 6.00. The molecule has 0 fully saturated rings. The van der Waals surface area contributed by atoms with Crippen molar-refractivity contribution in [1.82, 2.24) is 0 Å². The Morgan fingerprint density at radius 1 is 1.21 bits per heavy atom. The summed E-state index contributed by atoms with van der Waals surface area (Å²) >= 11 is 0. The van der Waals surface area contributed by atoms with Gasteiger partial charge in [0.05, 0.1) is 13.2 Å². The van der Waals surface area contributed by atoms with Gasteiger partial charge in [-0.15, -0.1) is 0 Å². The highest BCUT2D eigenvalue weighted by Crippen LogP contribution is 2.19. The van der Waals surface area contributed by atoms with Crippen LogP contribution in [0.5, 0.6) is 5.75 Å². The number of nitrogens with one attached hydrogen (secondary N) is 1. The van der Waals surface area contributed by atoms with Crippen molar-refractivity contribution >= 4 is 5.69 Å². The number of ether oxygens (including phenoxy) is 1. The molecular weight excluding hydrogens is 245 g/mol. The smallest absolute Gasteiger partial charge is 0.123 e. The molecule has 0 aromatic heterocycles. The number of methoxy groups -OCH3 is 1. The molecule has 0 radical (unpaired) electrons. The van der Waals surface area contributed by atoms with E-state index in [9.17, 15) is 9.50 Å². The van der Waals surface area contributed by atoms with Crippen molar-refractivity contribution < 1.29 is 14.2 Å². The zero-order chi connectivity index (χ0) is 13.7. The van der Waals surface area contributed by atoms with Crippen LogP contribution in [0.4, 0.5) is 10.1 Å². The largest absolute Gasteiger partial charge is 0.497 e. The molecule has 2 aromatic carbocycles. The number of aliphatic hydroxyl groups is 1. The van der Waals surface area contributed by atoms with Gasteiger partial charge >= 0.3 is 0 Å². The number of rotatable bonds is 5. The predicted octanol–water partition coefficient (Wildman–Crippen LogP) is 2.98. The number of benzene rings is 2. The number of aliphatic hydroxyl groups excluding tert-OH is 1. The second-order valence-corrected chi connectivity index (χ2v) is 4.18. The molecule has 1 unspecified atom stereocenters. The highest BCUT2D eigenvalue weighted by molar-refractivity contribution is 5.43. The fraction of sp³-hybridized carbons (Fsp3) is 0.200. The number of anilines is 1. The zero-order valence-corrected chi connectivity index (χ0v) is 10.6. The summed E-state index contributed by atoms with van der Waals surface area (Å²) in [5.74, 6) is 0.428. The topological polar surface area (TPSA) is 41.5 Å². The van der Waals surface area contributed by atoms with Gasteiger partial charge in [0.15, 0.2) is 0 Å². The van der Waals surface area contributed by atoms with E-state index in [2.05, 4.69) is 5.32 Å². The van der Waals surface area contributed by atoms with Gasteiger partial charge in [-0.05, 0) is 42.0 Å². The summed E-state index contributed by atoms with van der Waals surface area (Å²) in [7, 11) is 1.59. The van der Waals surface area contributed by atoms with Crippen molar-refractivity contribution in [1.29, 1.82) is 0 Å². The van der Waals surface area contributed by atoms with Gasteiger partial charge in [0.1, 0.15) is 11.6 Å². The summed E-state index contributed by atoms with van der Waals surface area (Å²) in [6.45, 7) is 0.346. The summed E-state index contributed by atoms with van der Waals surface area (Å²) in [5, 5.41) is 13.1. The van der Waals surface area contributed by atoms with Crippen molar-refractivity contribution in [2.75, 3.05) is 19.0 Å². The molecule has 0 aliphatic carbocycles. The van der Waals surface area contributed by atoms with Gasteiger partial charge in [-0.1, -0.05) is 12.1 Å². The molecule has 0 aliphatic heterocycles. The van der Waals surface area contributed by atoms with Crippen LogP contribution in [0.1, 0.15) is 11.7 Å². The summed E-state index contributed by atoms with van der Waals surface area (Å²) in [6, 6.07) is 13.3. The van der Waals surface area contributed by atoms with E-state index in [4.69, 9.17) is 4.74 Å². The molecule has 0 saturated heterocycles. The average Bonchev–Trinajstić information content (AvgIpc) is 2.46. The Morgan fingerprint density at radius 3 is 2.63 bits per heavy atom. The highest BCUT2D eigenvalue weighted by atomic mass is 19.1. The Bertz CT molecular complexity index is 528. The minimum absolute atomic E-state index is 0.279. The van der Waals surface area contributed by atoms with Gasteiger partial charge < -0.3 is 15.2 Å². The monoisotopic (exact) mass is 261 g/mol. The molecule has 0 bridgehead atoms. The van der Waals surface area contributed by atoms with Crippen molar-refractivity contribution in [3.63, 3.8) is 0 Å². The molecule has 2 N–H and O–H groups in total. The van der Waals surface area contributed by atoms with Crippen LogP contribution in [0.25, 0.3) is 0 Å². The van der Waals surface area contributed by atoms with E-state index in [1.54, 1.807) is 25.3 Å². The molecule has 19 heavy (non-hydrogen) atoms. The summed E-state index contributed by atoms with van der Waals surface area (Å²) in [5.41, 5.74) is 1.54. The van der Waals surface area contributed by atoms with Gasteiger partial charge in [0, 0.05) is 12.2 Å². The first kappa shape index (κ1) is 13.4. The van der Waals surface area contributed by atoms with Crippen molar-refractivity contribution in [3.8, 4) is 5.75 Å². The van der Waals surface area contributed by atoms with Crippen LogP contribution in [0.15, 0.2) is 48.5 Å². The van der Waals surface area contributed by atoms with Crippen LogP contribution in [0.2, 0.25) is 0 Å². The van der Waals surface area contributed by atoms with Crippen LogP contribution in [0, 0.1) is 5.82 Å². The lowest BCUT2D eigenvalue weighted by molar-refractivity contribution is 0.191. The van der Waals surface area contributed by atoms with Gasteiger partial charge in [0.2, 0.25) is 0 Å². The third-order valence-corrected chi connectivity index (χ3v) is 2.82. The molecule has 0 amide bonds. The number of hydrogen-bond acceptors (Lipinski definition) is 3. The normalized spacial score (nSPS) is 11.9. The minimum Gasteiger partial charge on any atom is -0.497 e. The molecule has 4 heteroatoms. The fourth-order valence-corrected chi connectivity index (χ4v) is 1.75. The van der Waals surface area contributed by atoms with Crippen molar-refractivity contribution in [2.24, 2.45) is 0 Å². The zero-order valence-electron chi connectivity index (χ0n) is 10.6. The minimum atomic E-state index is -0.653. The third-order valence-electron chi connectivity index (χ3n) is 2.82. The Kier molecular flexibility index (Phi) is 4.36. The van der Waals surface area contributed by atoms with E-state index in [-0.39, 0.29) is 5.82 Å². The van der Waals surface area contributed by atoms with Gasteiger partial charge in [-0.3, -0.25) is 0 Å². The SMILES string of the molecule is COc1cccc(C(O)CNc2ccc(F)cc2)c1. The summed E-state index contributed by atoms with van der Waals surface area (Å²) in [4.78, 5) is 0. The van der Waals surface area contributed by atoms with E-state index in [1.165, 1.54) is 12.1 Å². The second kappa shape index (κ2) is 6.20. The molecule has 100 valence electrons. The Balaban J connectivity index is 1.96. The molecular formula is C15H16FNO2. The third kappa shape index (κ3) is 3.69. The maximum Gasteiger partial charge on any atom is 0.123 e. The van der Waals surface area contributed by atoms with Crippen LogP contribution >= 0.6 is 0 Å². The van der Waals surface area contributed by atoms with Crippen LogP contribution < -0.4 is 10.1 Å². The Labute approximate surface area is 111 Å². The standard InChI is InChI=1S/C15H16FNO2/c1-19-14-4-2-3-11(9-14)15(18)10-17-13-7-5-12(16)6-8-13/h2-9,15,17-18H,10H2,1H3. The van der Waals surface area contributed by atoms with E-state index >= 15 is 0 Å². The lowest BCUT2D eigenvalue weighted by Crippen LogP contribution is -2.12. The van der Waals surface area contributed by atoms with Crippen LogP contribution in [0.3, 0.4) is 0 Å². The summed E-state index contributed by atoms with van der Waals surface area (Å²) < 4.78 is 17.9. The maximum atomic E-state index is 12.7. The maximum absolute atomic E-state index is 12.7. The van der Waals surface area contributed by atoms with E-state index in [1.807, 2.05) is 18.2 Å². The van der Waals surface area contributed by atoms with Crippen LogP contribution in [-0.4, -0.2) is 18.8 Å². The molecule has 0 aliphatic rings. The van der Waals surface area contributed by atoms with E-state index in [0.29, 0.717) is 12.3 Å². The molecule has 3 nitrogen and oxygen atoms in total. The van der Waals surface area contributed by atoms with Gasteiger partial charge in [0.25, 0.3) is 0 Å². The van der Waals surface area contributed by atoms with E-state index in [0.717, 1.165) is 11.3 Å². The fourth-order valence-electron chi connectivity index (χ4n) is 1.75. The lowest BCUT2D eigenvalue weighted by atomic mass is 10.1. The molecule has 2 rings (SSSR count). The molecule has 2 aromatic rings. The molecule has 0 spiro atoms. The Morgan fingerprint density at radius 2 is 1.95 bits per heavy atom. The molecule has 0 saturated carbocycles. The Hall–Kier alpha value is -2.07. The second-order valence-electron chi connectivity index (χ2n) is 4.18. The lowest BCUT2D eigenvalue weighted by Gasteiger charge is -2.14. The number of hydrogen-bond donors (Lipinski definition) is 2. The van der Waals surface area contributed by atoms with Gasteiger partial charge in [-0.25, -0.2) is 4.39 Å². The van der Waals surface area contributed by atoms with E-state index < -0.39 is 6.10 Å². The predicted molar refractivity (Wildman–Crippen MR) is 72.8 cm³/mol. The number of halogens is 1. The van der Waals surface area contributed by atoms with Gasteiger partial charge in [-0.2, -0.15) is 0 Å². The first-order chi connectivity index (χ1) is 9.19. The molecule has 0 heterocycles. The quantitative estimate of drug-likeness (QED) is 0.869. The van der Waals surface area contributed by atoms with Crippen LogP contribution in [-0.2, 0) is 0 Å². The average molecular weight is 261 g/mol.